The summed E-state index contributed by atoms with van der Waals surface area (Å²) in [7, 11) is 3.17. The fourth-order valence-electron chi connectivity index (χ4n) is 2.64. The molecule has 0 radical (unpaired) electrons. The Bertz CT molecular complexity index is 901. The molecule has 0 unspecified atom stereocenters. The largest absolute Gasteiger partial charge is 0.496 e. The minimum Gasteiger partial charge on any atom is -0.496 e. The Hall–Kier alpha value is -2.79. The number of carbonyl (C=O) groups excluding carboxylic acids is 1. The molecule has 0 N–H and O–H groups in total. The number of cyclic esters (lactones) is 1. The van der Waals surface area contributed by atoms with Crippen molar-refractivity contribution in [2.45, 2.75) is 13.3 Å². The molecule has 0 fully saturated rings. The zero-order valence-electron chi connectivity index (χ0n) is 14.7. The van der Waals surface area contributed by atoms with Crippen molar-refractivity contribution in [3.05, 3.63) is 63.8 Å². The summed E-state index contributed by atoms with van der Waals surface area (Å²) < 4.78 is 16.0. The molecule has 6 heteroatoms. The van der Waals surface area contributed by atoms with Gasteiger partial charge in [0, 0.05) is 17.0 Å². The van der Waals surface area contributed by atoms with E-state index in [0.29, 0.717) is 34.4 Å². The SMILES string of the molecule is COc1cc(/C=C2/N=C(Cc3ccc(Cl)cc3)OC2=O)c(OC)cc1C. The van der Waals surface area contributed by atoms with Crippen molar-refractivity contribution in [3.8, 4) is 11.5 Å². The van der Waals surface area contributed by atoms with Crippen LogP contribution in [0.4, 0.5) is 0 Å². The molecule has 0 saturated heterocycles. The van der Waals surface area contributed by atoms with Gasteiger partial charge in [0.05, 0.1) is 14.2 Å². The summed E-state index contributed by atoms with van der Waals surface area (Å²) in [6, 6.07) is 11.0. The Morgan fingerprint density at radius 2 is 1.81 bits per heavy atom. The highest BCUT2D eigenvalue weighted by molar-refractivity contribution is 6.30. The monoisotopic (exact) mass is 371 g/mol. The van der Waals surface area contributed by atoms with Gasteiger partial charge in [0.2, 0.25) is 5.90 Å². The summed E-state index contributed by atoms with van der Waals surface area (Å²) in [5.74, 6) is 1.19. The van der Waals surface area contributed by atoms with E-state index < -0.39 is 5.97 Å². The van der Waals surface area contributed by atoms with E-state index >= 15 is 0 Å². The molecule has 5 nitrogen and oxygen atoms in total. The first kappa shape index (κ1) is 18.0. The van der Waals surface area contributed by atoms with Crippen LogP contribution in [0.1, 0.15) is 16.7 Å². The standard InChI is InChI=1S/C20H18ClNO4/c1-12-8-18(25-3)14(11-17(12)24-2)10-16-20(23)26-19(22-16)9-13-4-6-15(21)7-5-13/h4-8,10-11H,9H2,1-3H3/b16-10+. The summed E-state index contributed by atoms with van der Waals surface area (Å²) >= 11 is 5.88. The first-order valence-electron chi connectivity index (χ1n) is 7.98. The number of halogens is 1. The lowest BCUT2D eigenvalue weighted by Crippen LogP contribution is -2.06. The van der Waals surface area contributed by atoms with Crippen LogP contribution in [0.25, 0.3) is 6.08 Å². The molecule has 2 aromatic rings. The van der Waals surface area contributed by atoms with Crippen LogP contribution in [0.15, 0.2) is 47.1 Å². The average Bonchev–Trinajstić information content (AvgIpc) is 2.97. The van der Waals surface area contributed by atoms with E-state index in [1.165, 1.54) is 0 Å². The molecule has 2 aromatic carbocycles. The van der Waals surface area contributed by atoms with Crippen LogP contribution in [0.5, 0.6) is 11.5 Å². The zero-order valence-corrected chi connectivity index (χ0v) is 15.5. The third-order valence-corrected chi connectivity index (χ3v) is 4.22. The number of methoxy groups -OCH3 is 2. The molecular formula is C20H18ClNO4. The topological polar surface area (TPSA) is 57.1 Å². The van der Waals surface area contributed by atoms with Gasteiger partial charge in [0.25, 0.3) is 0 Å². The highest BCUT2D eigenvalue weighted by Gasteiger charge is 2.23. The van der Waals surface area contributed by atoms with E-state index in [4.69, 9.17) is 25.8 Å². The van der Waals surface area contributed by atoms with Gasteiger partial charge in [-0.25, -0.2) is 9.79 Å². The summed E-state index contributed by atoms with van der Waals surface area (Å²) in [4.78, 5) is 16.5. The van der Waals surface area contributed by atoms with Crippen LogP contribution in [-0.2, 0) is 16.0 Å². The molecule has 3 rings (SSSR count). The van der Waals surface area contributed by atoms with Gasteiger partial charge in [-0.1, -0.05) is 23.7 Å². The van der Waals surface area contributed by atoms with Gasteiger partial charge in [-0.05, 0) is 48.4 Å². The van der Waals surface area contributed by atoms with Crippen LogP contribution in [0, 0.1) is 6.92 Å². The van der Waals surface area contributed by atoms with Gasteiger partial charge in [-0.15, -0.1) is 0 Å². The van der Waals surface area contributed by atoms with Crippen molar-refractivity contribution in [2.75, 3.05) is 14.2 Å². The molecule has 0 atom stereocenters. The van der Waals surface area contributed by atoms with Crippen molar-refractivity contribution in [1.82, 2.24) is 0 Å². The average molecular weight is 372 g/mol. The third-order valence-electron chi connectivity index (χ3n) is 3.97. The van der Waals surface area contributed by atoms with E-state index in [1.807, 2.05) is 25.1 Å². The Morgan fingerprint density at radius 1 is 1.12 bits per heavy atom. The van der Waals surface area contributed by atoms with Crippen molar-refractivity contribution >= 4 is 29.5 Å². The summed E-state index contributed by atoms with van der Waals surface area (Å²) in [5, 5.41) is 0.653. The second-order valence-electron chi connectivity index (χ2n) is 5.79. The molecule has 134 valence electrons. The summed E-state index contributed by atoms with van der Waals surface area (Å²) in [6.07, 6.45) is 2.05. The minimum atomic E-state index is -0.490. The van der Waals surface area contributed by atoms with Crippen molar-refractivity contribution in [3.63, 3.8) is 0 Å². The number of hydrogen-bond acceptors (Lipinski definition) is 5. The molecule has 1 aliphatic heterocycles. The van der Waals surface area contributed by atoms with Crippen LogP contribution >= 0.6 is 11.6 Å². The van der Waals surface area contributed by atoms with Crippen molar-refractivity contribution < 1.29 is 19.0 Å². The van der Waals surface area contributed by atoms with E-state index in [1.54, 1.807) is 38.5 Å². The Balaban J connectivity index is 1.89. The quantitative estimate of drug-likeness (QED) is 0.583. The predicted octanol–water partition coefficient (Wildman–Crippen LogP) is 4.20. The van der Waals surface area contributed by atoms with Gasteiger partial charge in [-0.2, -0.15) is 0 Å². The highest BCUT2D eigenvalue weighted by atomic mass is 35.5. The first-order valence-corrected chi connectivity index (χ1v) is 8.36. The van der Waals surface area contributed by atoms with E-state index in [-0.39, 0.29) is 5.70 Å². The number of carbonyl (C=O) groups is 1. The molecule has 0 bridgehead atoms. The van der Waals surface area contributed by atoms with Crippen molar-refractivity contribution in [1.29, 1.82) is 0 Å². The number of nitrogens with zero attached hydrogens (tertiary/aromatic N) is 1. The molecule has 26 heavy (non-hydrogen) atoms. The zero-order chi connectivity index (χ0) is 18.7. The molecule has 0 spiro atoms. The number of rotatable bonds is 5. The van der Waals surface area contributed by atoms with Gasteiger partial charge in [-0.3, -0.25) is 0 Å². The maximum absolute atomic E-state index is 12.2. The third kappa shape index (κ3) is 3.89. The van der Waals surface area contributed by atoms with E-state index in [2.05, 4.69) is 4.99 Å². The summed E-state index contributed by atoms with van der Waals surface area (Å²) in [5.41, 5.74) is 2.81. The van der Waals surface area contributed by atoms with Gasteiger partial charge >= 0.3 is 5.97 Å². The number of aliphatic imine (C=N–C) groups is 1. The summed E-state index contributed by atoms with van der Waals surface area (Å²) in [6.45, 7) is 1.92. The van der Waals surface area contributed by atoms with Crippen LogP contribution in [0.2, 0.25) is 5.02 Å². The highest BCUT2D eigenvalue weighted by Crippen LogP contribution is 2.31. The molecule has 0 saturated carbocycles. The normalized spacial score (nSPS) is 15.0. The molecule has 0 amide bonds. The van der Waals surface area contributed by atoms with Gasteiger partial charge in [0.1, 0.15) is 11.5 Å². The smallest absolute Gasteiger partial charge is 0.363 e. The lowest BCUT2D eigenvalue weighted by atomic mass is 10.1. The fourth-order valence-corrected chi connectivity index (χ4v) is 2.77. The fraction of sp³-hybridized carbons (Fsp3) is 0.200. The van der Waals surface area contributed by atoms with Gasteiger partial charge < -0.3 is 14.2 Å². The number of hydrogen-bond donors (Lipinski definition) is 0. The van der Waals surface area contributed by atoms with Crippen molar-refractivity contribution in [2.24, 2.45) is 4.99 Å². The predicted molar refractivity (Wildman–Crippen MR) is 101 cm³/mol. The lowest BCUT2D eigenvalue weighted by molar-refractivity contribution is -0.130. The Labute approximate surface area is 156 Å². The second-order valence-corrected chi connectivity index (χ2v) is 6.23. The minimum absolute atomic E-state index is 0.221. The van der Waals surface area contributed by atoms with Gasteiger partial charge in [0.15, 0.2) is 5.70 Å². The van der Waals surface area contributed by atoms with Crippen LogP contribution < -0.4 is 9.47 Å². The van der Waals surface area contributed by atoms with Crippen LogP contribution in [-0.4, -0.2) is 26.1 Å². The number of aryl methyl sites for hydroxylation is 1. The molecule has 1 heterocycles. The lowest BCUT2D eigenvalue weighted by Gasteiger charge is -2.10. The number of esters is 1. The first-order chi connectivity index (χ1) is 12.5. The molecule has 0 aromatic heterocycles. The second kappa shape index (κ2) is 7.62. The Morgan fingerprint density at radius 3 is 2.46 bits per heavy atom. The number of benzene rings is 2. The molecule has 1 aliphatic rings. The molecular weight excluding hydrogens is 354 g/mol. The van der Waals surface area contributed by atoms with E-state index in [9.17, 15) is 4.79 Å². The number of ether oxygens (including phenoxy) is 3. The van der Waals surface area contributed by atoms with Crippen LogP contribution in [0.3, 0.4) is 0 Å². The Kier molecular flexibility index (Phi) is 5.28. The van der Waals surface area contributed by atoms with E-state index in [0.717, 1.165) is 11.1 Å². The maximum Gasteiger partial charge on any atom is 0.363 e. The molecule has 0 aliphatic carbocycles. The maximum atomic E-state index is 12.2.